The molecule has 2 nitrogen and oxygen atoms in total. The number of carbonyl (C=O) groups is 1. The Morgan fingerprint density at radius 2 is 1.80 bits per heavy atom. The average molecular weight is 275 g/mol. The Morgan fingerprint density at radius 3 is 2.40 bits per heavy atom. The first kappa shape index (κ1) is 16.7. The summed E-state index contributed by atoms with van der Waals surface area (Å²) in [6.45, 7) is 7.04. The quantitative estimate of drug-likeness (QED) is 0.655. The molecule has 0 radical (unpaired) electrons. The number of hydrogen-bond donors (Lipinski definition) is 1. The van der Waals surface area contributed by atoms with Gasteiger partial charge in [-0.25, -0.2) is 0 Å². The van der Waals surface area contributed by atoms with Gasteiger partial charge >= 0.3 is 0 Å². The monoisotopic (exact) mass is 275 g/mol. The summed E-state index contributed by atoms with van der Waals surface area (Å²) < 4.78 is 0. The number of hydrogen-bond acceptors (Lipinski definition) is 1. The molecule has 1 amide bonds. The van der Waals surface area contributed by atoms with Gasteiger partial charge in [0.25, 0.3) is 0 Å². The normalized spacial score (nSPS) is 12.2. The van der Waals surface area contributed by atoms with Crippen LogP contribution in [-0.2, 0) is 11.3 Å². The highest BCUT2D eigenvalue weighted by molar-refractivity contribution is 5.78. The second-order valence-electron chi connectivity index (χ2n) is 5.66. The zero-order valence-electron chi connectivity index (χ0n) is 13.2. The fourth-order valence-corrected chi connectivity index (χ4v) is 2.38. The predicted octanol–water partition coefficient (Wildman–Crippen LogP) is 4.61. The zero-order chi connectivity index (χ0) is 14.8. The third kappa shape index (κ3) is 6.23. The van der Waals surface area contributed by atoms with Gasteiger partial charge < -0.3 is 5.32 Å². The summed E-state index contributed by atoms with van der Waals surface area (Å²) in [5.74, 6) is 0.391. The Kier molecular flexibility index (Phi) is 8.01. The van der Waals surface area contributed by atoms with Crippen LogP contribution in [0.25, 0.3) is 0 Å². The van der Waals surface area contributed by atoms with E-state index in [1.807, 2.05) is 0 Å². The third-order valence-electron chi connectivity index (χ3n) is 3.86. The van der Waals surface area contributed by atoms with Crippen molar-refractivity contribution in [3.05, 3.63) is 35.4 Å². The van der Waals surface area contributed by atoms with Gasteiger partial charge in [0, 0.05) is 12.5 Å². The molecule has 1 N–H and O–H groups in total. The number of rotatable bonds is 9. The summed E-state index contributed by atoms with van der Waals surface area (Å²) >= 11 is 0. The molecule has 20 heavy (non-hydrogen) atoms. The fraction of sp³-hybridized carbons (Fsp3) is 0.611. The highest BCUT2D eigenvalue weighted by Crippen LogP contribution is 2.15. The van der Waals surface area contributed by atoms with Crippen LogP contribution in [0, 0.1) is 12.8 Å². The molecule has 0 spiro atoms. The number of unbranched alkanes of at least 4 members (excludes halogenated alkanes) is 3. The molecule has 0 aliphatic rings. The minimum absolute atomic E-state index is 0.178. The van der Waals surface area contributed by atoms with Crippen LogP contribution in [0.4, 0.5) is 0 Å². The maximum absolute atomic E-state index is 12.2. The van der Waals surface area contributed by atoms with E-state index in [-0.39, 0.29) is 11.8 Å². The molecular formula is C18H29NO. The first-order valence-electron chi connectivity index (χ1n) is 8.00. The van der Waals surface area contributed by atoms with Gasteiger partial charge in [-0.3, -0.25) is 4.79 Å². The lowest BCUT2D eigenvalue weighted by Crippen LogP contribution is -2.30. The van der Waals surface area contributed by atoms with E-state index in [0.717, 1.165) is 12.8 Å². The minimum atomic E-state index is 0.178. The molecule has 2 heteroatoms. The lowest BCUT2D eigenvalue weighted by molar-refractivity contribution is -0.125. The van der Waals surface area contributed by atoms with Crippen LogP contribution in [0.1, 0.15) is 63.5 Å². The van der Waals surface area contributed by atoms with E-state index < -0.39 is 0 Å². The summed E-state index contributed by atoms with van der Waals surface area (Å²) in [5, 5.41) is 3.07. The van der Waals surface area contributed by atoms with E-state index >= 15 is 0 Å². The van der Waals surface area contributed by atoms with Gasteiger partial charge in [-0.05, 0) is 25.3 Å². The number of aryl methyl sites for hydroxylation is 1. The Morgan fingerprint density at radius 1 is 1.10 bits per heavy atom. The predicted molar refractivity (Wildman–Crippen MR) is 85.6 cm³/mol. The first-order valence-corrected chi connectivity index (χ1v) is 8.00. The average Bonchev–Trinajstić information content (AvgIpc) is 2.46. The molecule has 1 aromatic carbocycles. The topological polar surface area (TPSA) is 29.1 Å². The summed E-state index contributed by atoms with van der Waals surface area (Å²) in [7, 11) is 0. The number of benzene rings is 1. The maximum atomic E-state index is 12.2. The van der Waals surface area contributed by atoms with Crippen LogP contribution in [0.15, 0.2) is 24.3 Å². The van der Waals surface area contributed by atoms with E-state index in [2.05, 4.69) is 50.4 Å². The maximum Gasteiger partial charge on any atom is 0.223 e. The van der Waals surface area contributed by atoms with E-state index in [9.17, 15) is 4.79 Å². The van der Waals surface area contributed by atoms with Gasteiger partial charge in [-0.2, -0.15) is 0 Å². The summed E-state index contributed by atoms with van der Waals surface area (Å²) in [6.07, 6.45) is 6.91. The van der Waals surface area contributed by atoms with Crippen LogP contribution in [0.5, 0.6) is 0 Å². The van der Waals surface area contributed by atoms with Gasteiger partial charge in [0.15, 0.2) is 0 Å². The molecule has 0 aliphatic heterocycles. The summed E-state index contributed by atoms with van der Waals surface area (Å²) in [6, 6.07) is 8.34. The fourth-order valence-electron chi connectivity index (χ4n) is 2.38. The lowest BCUT2D eigenvalue weighted by atomic mass is 9.97. The molecule has 0 aliphatic carbocycles. The van der Waals surface area contributed by atoms with E-state index in [1.54, 1.807) is 0 Å². The van der Waals surface area contributed by atoms with Crippen LogP contribution < -0.4 is 5.32 Å². The van der Waals surface area contributed by atoms with Gasteiger partial charge in [-0.1, -0.05) is 69.4 Å². The molecule has 1 unspecified atom stereocenters. The van der Waals surface area contributed by atoms with Crippen LogP contribution in [0.3, 0.4) is 0 Å². The molecule has 0 saturated carbocycles. The van der Waals surface area contributed by atoms with Gasteiger partial charge in [-0.15, -0.1) is 0 Å². The highest BCUT2D eigenvalue weighted by atomic mass is 16.1. The van der Waals surface area contributed by atoms with E-state index in [1.165, 1.54) is 36.8 Å². The largest absolute Gasteiger partial charge is 0.352 e. The van der Waals surface area contributed by atoms with E-state index in [0.29, 0.717) is 6.54 Å². The molecule has 0 heterocycles. The first-order chi connectivity index (χ1) is 9.67. The Balaban J connectivity index is 2.33. The molecule has 1 atom stereocenters. The molecule has 1 aromatic rings. The standard InChI is InChI=1S/C18H29NO/c1-4-6-7-8-9-17(5-2)18(20)19-14-16-12-10-15(3)11-13-16/h10-13,17H,4-9,14H2,1-3H3,(H,19,20). The van der Waals surface area contributed by atoms with Gasteiger partial charge in [0.05, 0.1) is 0 Å². The highest BCUT2D eigenvalue weighted by Gasteiger charge is 2.15. The molecular weight excluding hydrogens is 246 g/mol. The summed E-state index contributed by atoms with van der Waals surface area (Å²) in [4.78, 5) is 12.2. The van der Waals surface area contributed by atoms with Crippen molar-refractivity contribution in [3.63, 3.8) is 0 Å². The SMILES string of the molecule is CCCCCCC(CC)C(=O)NCc1ccc(C)cc1. The third-order valence-corrected chi connectivity index (χ3v) is 3.86. The van der Waals surface area contributed by atoms with Crippen molar-refractivity contribution in [2.24, 2.45) is 5.92 Å². The van der Waals surface area contributed by atoms with Crippen molar-refractivity contribution in [3.8, 4) is 0 Å². The number of amides is 1. The number of nitrogens with one attached hydrogen (secondary N) is 1. The zero-order valence-corrected chi connectivity index (χ0v) is 13.2. The van der Waals surface area contributed by atoms with Crippen LogP contribution in [-0.4, -0.2) is 5.91 Å². The van der Waals surface area contributed by atoms with Crippen molar-refractivity contribution in [2.45, 2.75) is 65.8 Å². The Hall–Kier alpha value is -1.31. The van der Waals surface area contributed by atoms with Crippen molar-refractivity contribution in [2.75, 3.05) is 0 Å². The second kappa shape index (κ2) is 9.57. The van der Waals surface area contributed by atoms with Gasteiger partial charge in [0.2, 0.25) is 5.91 Å². The van der Waals surface area contributed by atoms with Crippen LogP contribution >= 0.6 is 0 Å². The van der Waals surface area contributed by atoms with Crippen molar-refractivity contribution in [1.82, 2.24) is 5.32 Å². The van der Waals surface area contributed by atoms with Gasteiger partial charge in [0.1, 0.15) is 0 Å². The van der Waals surface area contributed by atoms with Crippen molar-refractivity contribution >= 4 is 5.91 Å². The molecule has 0 bridgehead atoms. The molecule has 1 rings (SSSR count). The minimum Gasteiger partial charge on any atom is -0.352 e. The van der Waals surface area contributed by atoms with Crippen molar-refractivity contribution < 1.29 is 4.79 Å². The van der Waals surface area contributed by atoms with E-state index in [4.69, 9.17) is 0 Å². The molecule has 0 fully saturated rings. The molecule has 112 valence electrons. The molecule has 0 saturated heterocycles. The summed E-state index contributed by atoms with van der Waals surface area (Å²) in [5.41, 5.74) is 2.42. The van der Waals surface area contributed by atoms with Crippen LogP contribution in [0.2, 0.25) is 0 Å². The smallest absolute Gasteiger partial charge is 0.223 e. The number of carbonyl (C=O) groups excluding carboxylic acids is 1. The molecule has 0 aromatic heterocycles. The Bertz CT molecular complexity index is 383. The van der Waals surface area contributed by atoms with Crippen molar-refractivity contribution in [1.29, 1.82) is 0 Å². The second-order valence-corrected chi connectivity index (χ2v) is 5.66. The Labute approximate surface area is 124 Å². The lowest BCUT2D eigenvalue weighted by Gasteiger charge is -2.15.